The van der Waals surface area contributed by atoms with Gasteiger partial charge in [-0.25, -0.2) is 0 Å². The lowest BCUT2D eigenvalue weighted by Crippen LogP contribution is -2.51. The number of anilines is 1. The molecule has 1 aliphatic rings. The van der Waals surface area contributed by atoms with Gasteiger partial charge in [0.05, 0.1) is 12.8 Å². The predicted molar refractivity (Wildman–Crippen MR) is 132 cm³/mol. The Labute approximate surface area is 199 Å². The third kappa shape index (κ3) is 4.46. The van der Waals surface area contributed by atoms with Crippen LogP contribution in [-0.4, -0.2) is 48.9 Å². The van der Waals surface area contributed by atoms with Crippen molar-refractivity contribution in [2.45, 2.75) is 32.9 Å². The Hall–Kier alpha value is -3.87. The first-order valence-corrected chi connectivity index (χ1v) is 11.5. The fourth-order valence-electron chi connectivity index (χ4n) is 4.31. The van der Waals surface area contributed by atoms with Crippen LogP contribution in [0.4, 0.5) is 5.69 Å². The molecule has 0 bridgehead atoms. The molecule has 0 aromatic heterocycles. The fourth-order valence-corrected chi connectivity index (χ4v) is 4.31. The Morgan fingerprint density at radius 2 is 1.82 bits per heavy atom. The summed E-state index contributed by atoms with van der Waals surface area (Å²) in [7, 11) is 1.58. The quantitative estimate of drug-likeness (QED) is 0.529. The first-order valence-electron chi connectivity index (χ1n) is 11.5. The van der Waals surface area contributed by atoms with Gasteiger partial charge in [-0.2, -0.15) is 0 Å². The van der Waals surface area contributed by atoms with E-state index in [0.717, 1.165) is 28.4 Å². The highest BCUT2D eigenvalue weighted by Gasteiger charge is 2.34. The summed E-state index contributed by atoms with van der Waals surface area (Å²) in [5.74, 6) is -0.0641. The summed E-state index contributed by atoms with van der Waals surface area (Å²) in [6.45, 7) is 4.29. The number of nitrogens with one attached hydrogen (secondary N) is 1. The van der Waals surface area contributed by atoms with E-state index < -0.39 is 6.04 Å². The van der Waals surface area contributed by atoms with Crippen molar-refractivity contribution >= 4 is 34.2 Å². The van der Waals surface area contributed by atoms with E-state index in [2.05, 4.69) is 5.32 Å². The molecule has 0 saturated heterocycles. The molecule has 0 radical (unpaired) electrons. The maximum Gasteiger partial charge on any atom is 0.259 e. The largest absolute Gasteiger partial charge is 0.497 e. The molecule has 4 rings (SSSR count). The van der Waals surface area contributed by atoms with Gasteiger partial charge in [0.2, 0.25) is 11.8 Å². The molecular weight excluding hydrogens is 430 g/mol. The molecule has 3 amide bonds. The summed E-state index contributed by atoms with van der Waals surface area (Å²) in [6.07, 6.45) is 0.798. The molecular formula is C27H29N3O4. The zero-order chi connectivity index (χ0) is 24.2. The van der Waals surface area contributed by atoms with Gasteiger partial charge in [0.25, 0.3) is 5.91 Å². The van der Waals surface area contributed by atoms with Gasteiger partial charge in [-0.15, -0.1) is 0 Å². The van der Waals surface area contributed by atoms with Crippen LogP contribution in [0.15, 0.2) is 60.7 Å². The summed E-state index contributed by atoms with van der Waals surface area (Å²) in [6, 6.07) is 18.0. The number of amides is 3. The minimum absolute atomic E-state index is 0.151. The number of hydrogen-bond acceptors (Lipinski definition) is 4. The van der Waals surface area contributed by atoms with Gasteiger partial charge in [-0.05, 0) is 48.6 Å². The molecule has 0 spiro atoms. The highest BCUT2D eigenvalue weighted by molar-refractivity contribution is 6.26. The molecule has 0 aliphatic carbocycles. The Morgan fingerprint density at radius 1 is 1.09 bits per heavy atom. The normalized spacial score (nSPS) is 13.1. The first kappa shape index (κ1) is 23.3. The van der Waals surface area contributed by atoms with Gasteiger partial charge in [-0.1, -0.05) is 43.3 Å². The van der Waals surface area contributed by atoms with Gasteiger partial charge >= 0.3 is 0 Å². The lowest BCUT2D eigenvalue weighted by Gasteiger charge is -2.30. The van der Waals surface area contributed by atoms with Crippen LogP contribution in [0.25, 0.3) is 10.8 Å². The van der Waals surface area contributed by atoms with E-state index in [1.165, 1.54) is 9.80 Å². The highest BCUT2D eigenvalue weighted by atomic mass is 16.5. The van der Waals surface area contributed by atoms with Crippen LogP contribution in [0.3, 0.4) is 0 Å². The SMILES string of the molecule is CCCNC(=O)C(C)N(Cc1cccc(OC)c1)C(=O)CN1C(=O)c2cccc3cccc1c23. The van der Waals surface area contributed by atoms with Crippen molar-refractivity contribution in [1.29, 1.82) is 0 Å². The van der Waals surface area contributed by atoms with Gasteiger partial charge in [0.1, 0.15) is 18.3 Å². The highest BCUT2D eigenvalue weighted by Crippen LogP contribution is 2.37. The Morgan fingerprint density at radius 3 is 2.56 bits per heavy atom. The number of carbonyl (C=O) groups excluding carboxylic acids is 3. The van der Waals surface area contributed by atoms with Crippen molar-refractivity contribution < 1.29 is 19.1 Å². The average molecular weight is 460 g/mol. The van der Waals surface area contributed by atoms with E-state index in [1.807, 2.05) is 61.5 Å². The maximum atomic E-state index is 13.6. The summed E-state index contributed by atoms with van der Waals surface area (Å²) >= 11 is 0. The molecule has 1 unspecified atom stereocenters. The van der Waals surface area contributed by atoms with Crippen LogP contribution < -0.4 is 15.0 Å². The van der Waals surface area contributed by atoms with E-state index in [4.69, 9.17) is 4.74 Å². The Kier molecular flexibility index (Phi) is 6.82. The van der Waals surface area contributed by atoms with Gasteiger partial charge < -0.3 is 15.0 Å². The lowest BCUT2D eigenvalue weighted by molar-refractivity contribution is -0.139. The van der Waals surface area contributed by atoms with E-state index in [1.54, 1.807) is 20.1 Å². The molecule has 1 heterocycles. The van der Waals surface area contributed by atoms with Crippen molar-refractivity contribution in [1.82, 2.24) is 10.2 Å². The topological polar surface area (TPSA) is 79.0 Å². The third-order valence-electron chi connectivity index (χ3n) is 6.15. The molecule has 0 saturated carbocycles. The summed E-state index contributed by atoms with van der Waals surface area (Å²) in [4.78, 5) is 42.6. The molecule has 1 atom stereocenters. The van der Waals surface area contributed by atoms with Gasteiger partial charge in [0.15, 0.2) is 0 Å². The number of ether oxygens (including phenoxy) is 1. The second-order valence-electron chi connectivity index (χ2n) is 8.41. The number of hydrogen-bond donors (Lipinski definition) is 1. The number of rotatable bonds is 9. The van der Waals surface area contributed by atoms with Crippen molar-refractivity contribution in [2.24, 2.45) is 0 Å². The first-order chi connectivity index (χ1) is 16.4. The smallest absolute Gasteiger partial charge is 0.259 e. The summed E-state index contributed by atoms with van der Waals surface area (Å²) < 4.78 is 5.31. The van der Waals surface area contributed by atoms with Crippen LogP contribution in [0.1, 0.15) is 36.2 Å². The number of carbonyl (C=O) groups is 3. The molecule has 1 aliphatic heterocycles. The number of methoxy groups -OCH3 is 1. The predicted octanol–water partition coefficient (Wildman–Crippen LogP) is 3.75. The van der Waals surface area contributed by atoms with Crippen molar-refractivity contribution in [3.63, 3.8) is 0 Å². The lowest BCUT2D eigenvalue weighted by atomic mass is 10.1. The third-order valence-corrected chi connectivity index (χ3v) is 6.15. The molecule has 1 N–H and O–H groups in total. The molecule has 7 nitrogen and oxygen atoms in total. The standard InChI is InChI=1S/C27H29N3O4/c1-4-14-28-26(32)18(2)29(16-19-8-5-11-21(15-19)34-3)24(31)17-30-23-13-7-10-20-9-6-12-22(25(20)23)27(30)33/h5-13,15,18H,4,14,16-17H2,1-3H3,(H,28,32). The van der Waals surface area contributed by atoms with Crippen LogP contribution in [0.2, 0.25) is 0 Å². The van der Waals surface area contributed by atoms with Gasteiger partial charge in [-0.3, -0.25) is 19.3 Å². The zero-order valence-electron chi connectivity index (χ0n) is 19.7. The molecule has 176 valence electrons. The second kappa shape index (κ2) is 9.95. The minimum Gasteiger partial charge on any atom is -0.497 e. The average Bonchev–Trinajstić information content (AvgIpc) is 3.13. The maximum absolute atomic E-state index is 13.6. The van der Waals surface area contributed by atoms with E-state index in [-0.39, 0.29) is 30.8 Å². The fraction of sp³-hybridized carbons (Fsp3) is 0.296. The Balaban J connectivity index is 1.62. The summed E-state index contributed by atoms with van der Waals surface area (Å²) in [5.41, 5.74) is 2.14. The number of benzene rings is 3. The van der Waals surface area contributed by atoms with E-state index >= 15 is 0 Å². The number of nitrogens with zero attached hydrogens (tertiary/aromatic N) is 2. The molecule has 0 fully saturated rings. The Bertz CT molecular complexity index is 1230. The van der Waals surface area contributed by atoms with Crippen LogP contribution in [0, 0.1) is 0 Å². The second-order valence-corrected chi connectivity index (χ2v) is 8.41. The monoisotopic (exact) mass is 459 g/mol. The van der Waals surface area contributed by atoms with Crippen molar-refractivity contribution in [3.8, 4) is 5.75 Å². The zero-order valence-corrected chi connectivity index (χ0v) is 19.7. The van der Waals surface area contributed by atoms with Gasteiger partial charge in [0, 0.05) is 24.0 Å². The molecule has 34 heavy (non-hydrogen) atoms. The van der Waals surface area contributed by atoms with Crippen LogP contribution in [0.5, 0.6) is 5.75 Å². The summed E-state index contributed by atoms with van der Waals surface area (Å²) in [5, 5.41) is 4.68. The van der Waals surface area contributed by atoms with Crippen LogP contribution in [-0.2, 0) is 16.1 Å². The van der Waals surface area contributed by atoms with E-state index in [9.17, 15) is 14.4 Å². The minimum atomic E-state index is -0.707. The van der Waals surface area contributed by atoms with E-state index in [0.29, 0.717) is 17.9 Å². The molecule has 3 aromatic carbocycles. The van der Waals surface area contributed by atoms with Crippen molar-refractivity contribution in [3.05, 3.63) is 71.8 Å². The molecule has 7 heteroatoms. The van der Waals surface area contributed by atoms with Crippen molar-refractivity contribution in [2.75, 3.05) is 25.1 Å². The molecule has 3 aromatic rings. The van der Waals surface area contributed by atoms with Crippen LogP contribution >= 0.6 is 0 Å².